The van der Waals surface area contributed by atoms with Crippen molar-refractivity contribution in [3.63, 3.8) is 0 Å². The highest BCUT2D eigenvalue weighted by atomic mass is 16.5. The third kappa shape index (κ3) is 2.53. The van der Waals surface area contributed by atoms with E-state index in [2.05, 4.69) is 0 Å². The number of benzene rings is 2. The van der Waals surface area contributed by atoms with Crippen LogP contribution in [0.25, 0.3) is 11.1 Å². The van der Waals surface area contributed by atoms with Gasteiger partial charge in [0, 0.05) is 0 Å². The minimum absolute atomic E-state index is 0.288. The highest BCUT2D eigenvalue weighted by molar-refractivity contribution is 5.67. The van der Waals surface area contributed by atoms with Crippen molar-refractivity contribution in [1.82, 2.24) is 0 Å². The molecule has 0 heterocycles. The summed E-state index contributed by atoms with van der Waals surface area (Å²) in [6, 6.07) is 17.9. The summed E-state index contributed by atoms with van der Waals surface area (Å²) in [6.07, 6.45) is -0.288. The normalized spacial score (nSPS) is 11.8. The Labute approximate surface area is 101 Å². The van der Waals surface area contributed by atoms with Gasteiger partial charge in [-0.3, -0.25) is 0 Å². The summed E-state index contributed by atoms with van der Waals surface area (Å²) in [7, 11) is 0. The SMILES string of the molecule is CC(O[C]=O)c1ccccc1-c1ccccc1. The molecule has 0 aromatic heterocycles. The third-order valence-corrected chi connectivity index (χ3v) is 2.71. The van der Waals surface area contributed by atoms with Crippen molar-refractivity contribution >= 4 is 6.47 Å². The molecule has 0 bridgehead atoms. The van der Waals surface area contributed by atoms with Crippen LogP contribution < -0.4 is 0 Å². The van der Waals surface area contributed by atoms with Crippen LogP contribution in [0.3, 0.4) is 0 Å². The van der Waals surface area contributed by atoms with E-state index in [9.17, 15) is 4.79 Å². The first-order chi connectivity index (χ1) is 8.33. The third-order valence-electron chi connectivity index (χ3n) is 2.71. The van der Waals surface area contributed by atoms with Crippen LogP contribution in [0.2, 0.25) is 0 Å². The Kier molecular flexibility index (Phi) is 3.55. The van der Waals surface area contributed by atoms with Crippen LogP contribution >= 0.6 is 0 Å². The number of rotatable bonds is 4. The lowest BCUT2D eigenvalue weighted by Gasteiger charge is -2.14. The summed E-state index contributed by atoms with van der Waals surface area (Å²) in [5.41, 5.74) is 3.18. The van der Waals surface area contributed by atoms with E-state index >= 15 is 0 Å². The average Bonchev–Trinajstić information content (AvgIpc) is 2.40. The number of carbonyl (C=O) groups excluding carboxylic acids is 1. The van der Waals surface area contributed by atoms with Crippen LogP contribution in [-0.4, -0.2) is 6.47 Å². The van der Waals surface area contributed by atoms with Crippen molar-refractivity contribution in [2.45, 2.75) is 13.0 Å². The zero-order chi connectivity index (χ0) is 12.1. The minimum Gasteiger partial charge on any atom is -0.449 e. The number of ether oxygens (including phenoxy) is 1. The molecule has 2 heteroatoms. The molecule has 2 rings (SSSR count). The molecular formula is C15H13O2. The Balaban J connectivity index is 2.44. The first kappa shape index (κ1) is 11.4. The standard InChI is InChI=1S/C15H13O2/c1-12(17-11-16)14-9-5-6-10-15(14)13-7-3-2-4-8-13/h2-10,12H,1H3. The van der Waals surface area contributed by atoms with Gasteiger partial charge in [0.2, 0.25) is 0 Å². The van der Waals surface area contributed by atoms with Crippen LogP contribution in [0.15, 0.2) is 54.6 Å². The molecule has 0 amide bonds. The smallest absolute Gasteiger partial charge is 0.418 e. The van der Waals surface area contributed by atoms with Gasteiger partial charge < -0.3 is 4.74 Å². The summed E-state index contributed by atoms with van der Waals surface area (Å²) >= 11 is 0. The molecule has 0 aliphatic rings. The van der Waals surface area contributed by atoms with Crippen molar-refractivity contribution in [1.29, 1.82) is 0 Å². The van der Waals surface area contributed by atoms with E-state index < -0.39 is 0 Å². The van der Waals surface area contributed by atoms with Crippen molar-refractivity contribution in [2.75, 3.05) is 0 Å². The monoisotopic (exact) mass is 225 g/mol. The lowest BCUT2D eigenvalue weighted by atomic mass is 9.97. The Morgan fingerprint density at radius 2 is 1.65 bits per heavy atom. The van der Waals surface area contributed by atoms with Crippen LogP contribution in [0.5, 0.6) is 0 Å². The maximum Gasteiger partial charge on any atom is 0.418 e. The summed E-state index contributed by atoms with van der Waals surface area (Å²) in [5.74, 6) is 0. The Morgan fingerprint density at radius 3 is 2.35 bits per heavy atom. The van der Waals surface area contributed by atoms with E-state index in [0.717, 1.165) is 16.7 Å². The molecule has 85 valence electrons. The van der Waals surface area contributed by atoms with Gasteiger partial charge in [0.25, 0.3) is 0 Å². The van der Waals surface area contributed by atoms with E-state index in [4.69, 9.17) is 4.74 Å². The first-order valence-electron chi connectivity index (χ1n) is 5.50. The molecular weight excluding hydrogens is 212 g/mol. The second kappa shape index (κ2) is 5.30. The zero-order valence-corrected chi connectivity index (χ0v) is 9.59. The van der Waals surface area contributed by atoms with E-state index in [0.29, 0.717) is 0 Å². The lowest BCUT2D eigenvalue weighted by molar-refractivity contribution is 0.198. The molecule has 1 atom stereocenters. The maximum atomic E-state index is 10.3. The van der Waals surface area contributed by atoms with Gasteiger partial charge in [-0.1, -0.05) is 54.6 Å². The fourth-order valence-corrected chi connectivity index (χ4v) is 1.87. The highest BCUT2D eigenvalue weighted by Crippen LogP contribution is 2.29. The van der Waals surface area contributed by atoms with Gasteiger partial charge >= 0.3 is 6.47 Å². The largest absolute Gasteiger partial charge is 0.449 e. The van der Waals surface area contributed by atoms with Gasteiger partial charge in [-0.05, 0) is 23.6 Å². The molecule has 0 saturated heterocycles. The van der Waals surface area contributed by atoms with Crippen molar-refractivity contribution in [3.05, 3.63) is 60.2 Å². The molecule has 0 spiro atoms. The van der Waals surface area contributed by atoms with Gasteiger partial charge in [0.15, 0.2) is 0 Å². The highest BCUT2D eigenvalue weighted by Gasteiger charge is 2.11. The zero-order valence-electron chi connectivity index (χ0n) is 9.59. The van der Waals surface area contributed by atoms with Gasteiger partial charge in [0.1, 0.15) is 6.10 Å². The van der Waals surface area contributed by atoms with Crippen LogP contribution in [-0.2, 0) is 9.53 Å². The number of hydrogen-bond acceptors (Lipinski definition) is 2. The van der Waals surface area contributed by atoms with E-state index in [1.807, 2.05) is 61.5 Å². The van der Waals surface area contributed by atoms with Crippen molar-refractivity contribution < 1.29 is 9.53 Å². The topological polar surface area (TPSA) is 26.3 Å². The molecule has 2 aromatic carbocycles. The molecule has 0 aliphatic carbocycles. The van der Waals surface area contributed by atoms with E-state index in [1.165, 1.54) is 6.47 Å². The lowest BCUT2D eigenvalue weighted by Crippen LogP contribution is -2.00. The van der Waals surface area contributed by atoms with E-state index in [-0.39, 0.29) is 6.10 Å². The molecule has 2 aromatic rings. The van der Waals surface area contributed by atoms with Crippen LogP contribution in [0.4, 0.5) is 0 Å². The molecule has 1 unspecified atom stereocenters. The quantitative estimate of drug-likeness (QED) is 0.796. The molecule has 0 fully saturated rings. The summed E-state index contributed by atoms with van der Waals surface area (Å²) < 4.78 is 4.88. The molecule has 2 nitrogen and oxygen atoms in total. The van der Waals surface area contributed by atoms with Gasteiger partial charge in [-0.2, -0.15) is 0 Å². The van der Waals surface area contributed by atoms with Gasteiger partial charge in [-0.25, -0.2) is 4.79 Å². The molecule has 0 N–H and O–H groups in total. The van der Waals surface area contributed by atoms with Crippen molar-refractivity contribution in [3.8, 4) is 11.1 Å². The second-order valence-electron chi connectivity index (χ2n) is 3.80. The van der Waals surface area contributed by atoms with Gasteiger partial charge in [0.05, 0.1) is 0 Å². The fraction of sp³-hybridized carbons (Fsp3) is 0.133. The van der Waals surface area contributed by atoms with Crippen LogP contribution in [0, 0.1) is 0 Å². The summed E-state index contributed by atoms with van der Waals surface area (Å²) in [5, 5.41) is 0. The predicted molar refractivity (Wildman–Crippen MR) is 67.1 cm³/mol. The summed E-state index contributed by atoms with van der Waals surface area (Å²) in [4.78, 5) is 10.3. The Hall–Kier alpha value is -2.09. The number of hydrogen-bond donors (Lipinski definition) is 0. The molecule has 17 heavy (non-hydrogen) atoms. The fourth-order valence-electron chi connectivity index (χ4n) is 1.87. The molecule has 1 radical (unpaired) electrons. The Morgan fingerprint density at radius 1 is 1.00 bits per heavy atom. The van der Waals surface area contributed by atoms with Crippen LogP contribution in [0.1, 0.15) is 18.6 Å². The summed E-state index contributed by atoms with van der Waals surface area (Å²) in [6.45, 7) is 3.33. The molecule has 0 aliphatic heterocycles. The maximum absolute atomic E-state index is 10.3. The Bertz CT molecular complexity index is 491. The second-order valence-corrected chi connectivity index (χ2v) is 3.80. The predicted octanol–water partition coefficient (Wildman–Crippen LogP) is 3.50. The van der Waals surface area contributed by atoms with Gasteiger partial charge in [-0.15, -0.1) is 0 Å². The van der Waals surface area contributed by atoms with E-state index in [1.54, 1.807) is 0 Å². The average molecular weight is 225 g/mol. The minimum atomic E-state index is -0.288. The first-order valence-corrected chi connectivity index (χ1v) is 5.50. The van der Waals surface area contributed by atoms with Crippen molar-refractivity contribution in [2.24, 2.45) is 0 Å². The molecule has 0 saturated carbocycles.